The normalized spacial score (nSPS) is 17.4. The van der Waals surface area contributed by atoms with Gasteiger partial charge in [0, 0.05) is 19.6 Å². The maximum atomic E-state index is 5.40. The van der Waals surface area contributed by atoms with Gasteiger partial charge in [0.1, 0.15) is 0 Å². The molecule has 0 aromatic heterocycles. The second-order valence-corrected chi connectivity index (χ2v) is 2.55. The van der Waals surface area contributed by atoms with Crippen LogP contribution >= 0.6 is 0 Å². The third kappa shape index (κ3) is 1.88. The van der Waals surface area contributed by atoms with Gasteiger partial charge in [-0.1, -0.05) is 11.6 Å². The molecule has 10 heavy (non-hydrogen) atoms. The Morgan fingerprint density at radius 3 is 3.00 bits per heavy atom. The molecule has 0 radical (unpaired) electrons. The van der Waals surface area contributed by atoms with Crippen molar-refractivity contribution in [2.24, 2.45) is 5.73 Å². The quantitative estimate of drug-likeness (QED) is 0.609. The Kier molecular flexibility index (Phi) is 2.51. The second kappa shape index (κ2) is 3.42. The molecule has 0 atom stereocenters. The molecule has 2 heteroatoms. The molecule has 0 unspecified atom stereocenters. The Balaban J connectivity index is 2.37. The predicted molar refractivity (Wildman–Crippen MR) is 43.5 cm³/mol. The molecule has 0 aromatic rings. The third-order valence-electron chi connectivity index (χ3n) is 1.61. The average molecular weight is 138 g/mol. The predicted octanol–water partition coefficient (Wildman–Crippen LogP) is 0.721. The van der Waals surface area contributed by atoms with E-state index in [1.165, 1.54) is 5.57 Å². The first-order valence-corrected chi connectivity index (χ1v) is 3.62. The van der Waals surface area contributed by atoms with Crippen LogP contribution in [0.5, 0.6) is 0 Å². The van der Waals surface area contributed by atoms with Crippen LogP contribution in [0.2, 0.25) is 0 Å². The molecule has 0 saturated heterocycles. The molecule has 0 amide bonds. The Morgan fingerprint density at radius 2 is 2.50 bits per heavy atom. The average Bonchev–Trinajstić information content (AvgIpc) is 1.95. The fraction of sp³-hybridized carbons (Fsp3) is 0.500. The van der Waals surface area contributed by atoms with E-state index in [1.807, 2.05) is 0 Å². The largest absolute Gasteiger partial charge is 0.372 e. The maximum Gasteiger partial charge on any atom is 0.0360 e. The minimum absolute atomic E-state index is 0.733. The van der Waals surface area contributed by atoms with Crippen LogP contribution in [0.3, 0.4) is 0 Å². The van der Waals surface area contributed by atoms with Gasteiger partial charge in [0.2, 0.25) is 0 Å². The van der Waals surface area contributed by atoms with E-state index < -0.39 is 0 Å². The van der Waals surface area contributed by atoms with Gasteiger partial charge in [0.25, 0.3) is 0 Å². The zero-order valence-corrected chi connectivity index (χ0v) is 6.38. The van der Waals surface area contributed by atoms with Gasteiger partial charge in [-0.25, -0.2) is 0 Å². The van der Waals surface area contributed by atoms with E-state index >= 15 is 0 Å². The number of allylic oxidation sites excluding steroid dienone is 2. The summed E-state index contributed by atoms with van der Waals surface area (Å²) in [4.78, 5) is 2.20. The summed E-state index contributed by atoms with van der Waals surface area (Å²) in [5.74, 6) is 0. The number of nitrogens with zero attached hydrogens (tertiary/aromatic N) is 1. The van der Waals surface area contributed by atoms with Gasteiger partial charge < -0.3 is 10.6 Å². The summed E-state index contributed by atoms with van der Waals surface area (Å²) >= 11 is 0. The molecule has 1 rings (SSSR count). The molecular weight excluding hydrogens is 124 g/mol. The first-order chi connectivity index (χ1) is 4.83. The lowest BCUT2D eigenvalue weighted by atomic mass is 10.2. The van der Waals surface area contributed by atoms with Gasteiger partial charge in [-0.2, -0.15) is 0 Å². The maximum absolute atomic E-state index is 5.40. The lowest BCUT2D eigenvalue weighted by Crippen LogP contribution is -2.26. The van der Waals surface area contributed by atoms with Crippen molar-refractivity contribution in [1.29, 1.82) is 0 Å². The molecule has 2 nitrogen and oxygen atoms in total. The highest BCUT2D eigenvalue weighted by molar-refractivity contribution is 5.19. The third-order valence-corrected chi connectivity index (χ3v) is 1.61. The second-order valence-electron chi connectivity index (χ2n) is 2.55. The van der Waals surface area contributed by atoms with Gasteiger partial charge >= 0.3 is 0 Å². The highest BCUT2D eigenvalue weighted by Crippen LogP contribution is 2.04. The lowest BCUT2D eigenvalue weighted by molar-refractivity contribution is 0.420. The molecule has 2 N–H and O–H groups in total. The fourth-order valence-corrected chi connectivity index (χ4v) is 0.945. The van der Waals surface area contributed by atoms with Gasteiger partial charge in [0.05, 0.1) is 0 Å². The smallest absolute Gasteiger partial charge is 0.0360 e. The van der Waals surface area contributed by atoms with Crippen LogP contribution in [0, 0.1) is 0 Å². The van der Waals surface area contributed by atoms with Crippen LogP contribution in [-0.2, 0) is 0 Å². The molecular formula is C8H14N2. The number of rotatable bonds is 2. The Labute approximate surface area is 62.0 Å². The van der Waals surface area contributed by atoms with Gasteiger partial charge in [0.15, 0.2) is 0 Å². The Morgan fingerprint density at radius 1 is 1.70 bits per heavy atom. The van der Waals surface area contributed by atoms with E-state index in [1.54, 1.807) is 0 Å². The van der Waals surface area contributed by atoms with Crippen molar-refractivity contribution in [3.05, 3.63) is 23.9 Å². The van der Waals surface area contributed by atoms with Crippen LogP contribution in [0.4, 0.5) is 0 Å². The summed E-state index contributed by atoms with van der Waals surface area (Å²) in [6.07, 6.45) is 6.41. The SMILES string of the molecule is CC1=CCN(CCN)C=C1. The van der Waals surface area contributed by atoms with Crippen molar-refractivity contribution in [2.45, 2.75) is 6.92 Å². The van der Waals surface area contributed by atoms with Crippen molar-refractivity contribution in [3.8, 4) is 0 Å². The zero-order chi connectivity index (χ0) is 7.40. The highest BCUT2D eigenvalue weighted by atomic mass is 15.1. The number of nitrogens with two attached hydrogens (primary N) is 1. The topological polar surface area (TPSA) is 29.3 Å². The molecule has 0 aliphatic carbocycles. The summed E-state index contributed by atoms with van der Waals surface area (Å²) < 4.78 is 0. The summed E-state index contributed by atoms with van der Waals surface area (Å²) in [6.45, 7) is 4.81. The van der Waals surface area contributed by atoms with Crippen molar-refractivity contribution < 1.29 is 0 Å². The molecule has 1 aliphatic rings. The minimum Gasteiger partial charge on any atom is -0.372 e. The van der Waals surface area contributed by atoms with E-state index in [0.29, 0.717) is 0 Å². The van der Waals surface area contributed by atoms with Crippen LogP contribution in [0.25, 0.3) is 0 Å². The molecule has 56 valence electrons. The van der Waals surface area contributed by atoms with Crippen LogP contribution in [-0.4, -0.2) is 24.5 Å². The van der Waals surface area contributed by atoms with E-state index in [9.17, 15) is 0 Å². The minimum atomic E-state index is 0.733. The van der Waals surface area contributed by atoms with Crippen LogP contribution in [0.1, 0.15) is 6.92 Å². The van der Waals surface area contributed by atoms with Crippen LogP contribution < -0.4 is 5.73 Å². The Bertz CT molecular complexity index is 159. The molecule has 0 aromatic carbocycles. The van der Waals surface area contributed by atoms with Gasteiger partial charge in [-0.05, 0) is 19.2 Å². The van der Waals surface area contributed by atoms with Crippen molar-refractivity contribution in [2.75, 3.05) is 19.6 Å². The van der Waals surface area contributed by atoms with E-state index in [4.69, 9.17) is 5.73 Å². The monoisotopic (exact) mass is 138 g/mol. The summed E-state index contributed by atoms with van der Waals surface area (Å²) in [6, 6.07) is 0. The Hall–Kier alpha value is -0.760. The van der Waals surface area contributed by atoms with E-state index in [2.05, 4.69) is 30.2 Å². The lowest BCUT2D eigenvalue weighted by Gasteiger charge is -2.20. The number of hydrogen-bond donors (Lipinski definition) is 1. The molecule has 0 spiro atoms. The first kappa shape index (κ1) is 7.35. The van der Waals surface area contributed by atoms with Crippen molar-refractivity contribution >= 4 is 0 Å². The van der Waals surface area contributed by atoms with E-state index in [0.717, 1.165) is 19.6 Å². The first-order valence-electron chi connectivity index (χ1n) is 3.62. The summed E-state index contributed by atoms with van der Waals surface area (Å²) in [5.41, 5.74) is 6.74. The summed E-state index contributed by atoms with van der Waals surface area (Å²) in [5, 5.41) is 0. The number of hydrogen-bond acceptors (Lipinski definition) is 2. The molecule has 1 heterocycles. The van der Waals surface area contributed by atoms with Crippen LogP contribution in [0.15, 0.2) is 23.9 Å². The highest BCUT2D eigenvalue weighted by Gasteiger charge is 1.98. The molecule has 0 bridgehead atoms. The summed E-state index contributed by atoms with van der Waals surface area (Å²) in [7, 11) is 0. The van der Waals surface area contributed by atoms with Gasteiger partial charge in [-0.3, -0.25) is 0 Å². The molecule has 0 fully saturated rings. The van der Waals surface area contributed by atoms with Crippen molar-refractivity contribution in [1.82, 2.24) is 4.90 Å². The van der Waals surface area contributed by atoms with E-state index in [-0.39, 0.29) is 0 Å². The van der Waals surface area contributed by atoms with Gasteiger partial charge in [-0.15, -0.1) is 0 Å². The van der Waals surface area contributed by atoms with Crippen molar-refractivity contribution in [3.63, 3.8) is 0 Å². The molecule has 1 aliphatic heterocycles. The standard InChI is InChI=1S/C8H14N2/c1-8-2-5-10(6-3-8)7-4-9/h2-3,5H,4,6-7,9H2,1H3. The fourth-order valence-electron chi connectivity index (χ4n) is 0.945. The molecule has 0 saturated carbocycles. The zero-order valence-electron chi connectivity index (χ0n) is 6.38.